The van der Waals surface area contributed by atoms with Crippen molar-refractivity contribution in [2.45, 2.75) is 32.4 Å². The molecule has 128 valence electrons. The number of fused-ring (bicyclic) bond motifs is 1. The molecule has 2 unspecified atom stereocenters. The van der Waals surface area contributed by atoms with Crippen molar-refractivity contribution in [3.63, 3.8) is 0 Å². The van der Waals surface area contributed by atoms with Crippen LogP contribution in [0.5, 0.6) is 0 Å². The summed E-state index contributed by atoms with van der Waals surface area (Å²) >= 11 is 0. The van der Waals surface area contributed by atoms with Gasteiger partial charge in [0.1, 0.15) is 0 Å². The van der Waals surface area contributed by atoms with Gasteiger partial charge in [-0.1, -0.05) is 19.1 Å². The second-order valence-corrected chi connectivity index (χ2v) is 6.34. The summed E-state index contributed by atoms with van der Waals surface area (Å²) in [7, 11) is 0. The van der Waals surface area contributed by atoms with Crippen molar-refractivity contribution in [1.29, 1.82) is 0 Å². The van der Waals surface area contributed by atoms with E-state index in [1.165, 1.54) is 4.68 Å². The monoisotopic (exact) mass is 330 g/mol. The van der Waals surface area contributed by atoms with E-state index in [1.54, 1.807) is 24.3 Å². The highest BCUT2D eigenvalue weighted by molar-refractivity contribution is 5.80. The van der Waals surface area contributed by atoms with Crippen LogP contribution in [0.3, 0.4) is 0 Å². The Balaban J connectivity index is 1.69. The minimum absolute atomic E-state index is 0.102. The van der Waals surface area contributed by atoms with E-state index in [0.717, 1.165) is 19.5 Å². The van der Waals surface area contributed by atoms with Gasteiger partial charge in [-0.3, -0.25) is 19.5 Å². The summed E-state index contributed by atoms with van der Waals surface area (Å²) in [6, 6.07) is 6.84. The molecule has 0 spiro atoms. The van der Waals surface area contributed by atoms with E-state index in [-0.39, 0.29) is 36.0 Å². The molecule has 1 saturated heterocycles. The predicted molar refractivity (Wildman–Crippen MR) is 92.0 cm³/mol. The predicted octanol–water partition coefficient (Wildman–Crippen LogP) is 0.194. The Labute approximate surface area is 139 Å². The molecule has 1 aromatic heterocycles. The van der Waals surface area contributed by atoms with Crippen LogP contribution in [0.25, 0.3) is 10.8 Å². The minimum Gasteiger partial charge on any atom is -0.353 e. The van der Waals surface area contributed by atoms with E-state index in [9.17, 15) is 14.4 Å². The molecule has 0 aliphatic carbocycles. The van der Waals surface area contributed by atoms with Crippen LogP contribution in [0.4, 0.5) is 0 Å². The van der Waals surface area contributed by atoms with Gasteiger partial charge in [0, 0.05) is 12.5 Å². The fraction of sp³-hybridized carbons (Fsp3) is 0.471. The van der Waals surface area contributed by atoms with Gasteiger partial charge in [-0.15, -0.1) is 0 Å². The highest BCUT2D eigenvalue weighted by Crippen LogP contribution is 2.10. The average molecular weight is 330 g/mol. The van der Waals surface area contributed by atoms with E-state index in [2.05, 4.69) is 22.7 Å². The van der Waals surface area contributed by atoms with Gasteiger partial charge in [0.2, 0.25) is 5.91 Å². The van der Waals surface area contributed by atoms with E-state index in [4.69, 9.17) is 0 Å². The van der Waals surface area contributed by atoms with Crippen molar-refractivity contribution in [2.24, 2.45) is 5.92 Å². The summed E-state index contributed by atoms with van der Waals surface area (Å²) in [5.74, 6) is 0.278. The summed E-state index contributed by atoms with van der Waals surface area (Å²) in [6.45, 7) is 4.04. The third kappa shape index (κ3) is 3.41. The first-order chi connectivity index (χ1) is 11.6. The Morgan fingerprint density at radius 3 is 2.79 bits per heavy atom. The van der Waals surface area contributed by atoms with Crippen LogP contribution < -0.4 is 21.8 Å². The summed E-state index contributed by atoms with van der Waals surface area (Å²) in [6.07, 6.45) is 1.06. The van der Waals surface area contributed by atoms with Crippen LogP contribution in [0.15, 0.2) is 33.9 Å². The van der Waals surface area contributed by atoms with Gasteiger partial charge in [-0.25, -0.2) is 4.68 Å². The Kier molecular flexibility index (Phi) is 4.80. The van der Waals surface area contributed by atoms with E-state index in [0.29, 0.717) is 16.7 Å². The zero-order valence-electron chi connectivity index (χ0n) is 13.7. The molecule has 3 rings (SSSR count). The third-order valence-electron chi connectivity index (χ3n) is 4.58. The number of benzene rings is 1. The van der Waals surface area contributed by atoms with Crippen LogP contribution in [-0.4, -0.2) is 34.8 Å². The molecular formula is C17H22N4O3. The van der Waals surface area contributed by atoms with Crippen molar-refractivity contribution in [2.75, 3.05) is 13.1 Å². The molecule has 3 N–H and O–H groups in total. The lowest BCUT2D eigenvalue weighted by atomic mass is 9.95. The fourth-order valence-corrected chi connectivity index (χ4v) is 3.12. The largest absolute Gasteiger partial charge is 0.353 e. The van der Waals surface area contributed by atoms with Gasteiger partial charge < -0.3 is 10.6 Å². The number of hydrogen-bond acceptors (Lipinski definition) is 4. The highest BCUT2D eigenvalue weighted by Gasteiger charge is 2.22. The third-order valence-corrected chi connectivity index (χ3v) is 4.58. The number of carbonyl (C=O) groups excluding carboxylic acids is 1. The maximum atomic E-state index is 12.4. The van der Waals surface area contributed by atoms with Crippen LogP contribution in [0, 0.1) is 5.92 Å². The van der Waals surface area contributed by atoms with Crippen LogP contribution in [-0.2, 0) is 11.3 Å². The molecule has 2 atom stereocenters. The lowest BCUT2D eigenvalue weighted by Gasteiger charge is -2.30. The van der Waals surface area contributed by atoms with Crippen LogP contribution in [0.2, 0.25) is 0 Å². The van der Waals surface area contributed by atoms with Gasteiger partial charge >= 0.3 is 0 Å². The molecule has 1 aliphatic rings. The summed E-state index contributed by atoms with van der Waals surface area (Å²) in [4.78, 5) is 36.6. The van der Waals surface area contributed by atoms with Gasteiger partial charge in [-0.05, 0) is 37.6 Å². The highest BCUT2D eigenvalue weighted by atomic mass is 16.2. The quantitative estimate of drug-likeness (QED) is 0.746. The van der Waals surface area contributed by atoms with E-state index >= 15 is 0 Å². The van der Waals surface area contributed by atoms with Gasteiger partial charge in [0.05, 0.1) is 17.3 Å². The average Bonchev–Trinajstić information content (AvgIpc) is 2.59. The fourth-order valence-electron chi connectivity index (χ4n) is 3.12. The lowest BCUT2D eigenvalue weighted by molar-refractivity contribution is -0.122. The SMILES string of the molecule is CC1CNCCC1NC(=O)CCn1[nH]c(=O)c2ccccc2c1=O. The Bertz CT molecular complexity index is 855. The minimum atomic E-state index is -0.322. The molecule has 1 amide bonds. The molecule has 0 saturated carbocycles. The number of carbonyl (C=O) groups is 1. The molecular weight excluding hydrogens is 308 g/mol. The first-order valence-corrected chi connectivity index (χ1v) is 8.28. The Hall–Kier alpha value is -2.41. The number of nitrogens with zero attached hydrogens (tertiary/aromatic N) is 1. The standard InChI is InChI=1S/C17H22N4O3/c1-11-10-18-8-6-14(11)19-15(22)7-9-21-17(24)13-5-3-2-4-12(13)16(23)20-21/h2-5,11,14,18H,6-10H2,1H3,(H,19,22)(H,20,23). The van der Waals surface area contributed by atoms with Crippen molar-refractivity contribution in [1.82, 2.24) is 20.4 Å². The number of amides is 1. The van der Waals surface area contributed by atoms with Crippen molar-refractivity contribution in [3.05, 3.63) is 45.0 Å². The number of aromatic nitrogens is 2. The van der Waals surface area contributed by atoms with Crippen molar-refractivity contribution >= 4 is 16.7 Å². The first kappa shape index (κ1) is 16.4. The normalized spacial score (nSPS) is 20.9. The second kappa shape index (κ2) is 7.00. The second-order valence-electron chi connectivity index (χ2n) is 6.34. The number of nitrogens with one attached hydrogen (secondary N) is 3. The lowest BCUT2D eigenvalue weighted by Crippen LogP contribution is -2.48. The van der Waals surface area contributed by atoms with E-state index < -0.39 is 0 Å². The van der Waals surface area contributed by atoms with Crippen molar-refractivity contribution < 1.29 is 4.79 Å². The molecule has 7 nitrogen and oxygen atoms in total. The molecule has 2 aromatic rings. The number of H-pyrrole nitrogens is 1. The Morgan fingerprint density at radius 2 is 2.04 bits per heavy atom. The van der Waals surface area contributed by atoms with Crippen LogP contribution in [0.1, 0.15) is 19.8 Å². The molecule has 7 heteroatoms. The smallest absolute Gasteiger partial charge is 0.273 e. The summed E-state index contributed by atoms with van der Waals surface area (Å²) in [5.41, 5.74) is -0.606. The molecule has 2 heterocycles. The maximum absolute atomic E-state index is 12.4. The summed E-state index contributed by atoms with van der Waals surface area (Å²) < 4.78 is 1.22. The summed E-state index contributed by atoms with van der Waals surface area (Å²) in [5, 5.41) is 9.60. The van der Waals surface area contributed by atoms with E-state index in [1.807, 2.05) is 0 Å². The molecule has 24 heavy (non-hydrogen) atoms. The number of piperidine rings is 1. The molecule has 1 aromatic carbocycles. The first-order valence-electron chi connectivity index (χ1n) is 8.28. The van der Waals surface area contributed by atoms with Crippen LogP contribution >= 0.6 is 0 Å². The number of hydrogen-bond donors (Lipinski definition) is 3. The molecule has 1 aliphatic heterocycles. The zero-order valence-corrected chi connectivity index (χ0v) is 13.7. The molecule has 1 fully saturated rings. The number of rotatable bonds is 4. The Morgan fingerprint density at radius 1 is 1.29 bits per heavy atom. The topological polar surface area (TPSA) is 96.0 Å². The number of aromatic amines is 1. The van der Waals surface area contributed by atoms with Crippen molar-refractivity contribution in [3.8, 4) is 0 Å². The molecule has 0 radical (unpaired) electrons. The van der Waals surface area contributed by atoms with Gasteiger partial charge in [0.25, 0.3) is 11.1 Å². The maximum Gasteiger partial charge on any atom is 0.273 e. The zero-order chi connectivity index (χ0) is 17.1. The van der Waals surface area contributed by atoms with Gasteiger partial charge in [-0.2, -0.15) is 0 Å². The molecule has 0 bridgehead atoms. The van der Waals surface area contributed by atoms with Gasteiger partial charge in [0.15, 0.2) is 0 Å². The number of aryl methyl sites for hydroxylation is 1.